The molecule has 5 fully saturated rings. The first-order valence-corrected chi connectivity index (χ1v) is 18.4. The molecular weight excluding hydrogens is 657 g/mol. The van der Waals surface area contributed by atoms with Crippen LogP contribution in [0.25, 0.3) is 21.9 Å². The van der Waals surface area contributed by atoms with Crippen LogP contribution in [0.15, 0.2) is 54.6 Å². The van der Waals surface area contributed by atoms with Crippen molar-refractivity contribution >= 4 is 22.6 Å². The number of ether oxygens (including phenoxy) is 1. The predicted octanol–water partition coefficient (Wildman–Crippen LogP) is 6.70. The molecule has 3 aromatic rings. The molecule has 0 aromatic heterocycles. The molecule has 274 valence electrons. The summed E-state index contributed by atoms with van der Waals surface area (Å²) in [6.45, 7) is 4.97. The standard InChI is InChI=1S/C29H33NO3.C11H16F3N3O/c1-33-26-11-3-7-22(14-19-30-18-5-15-29(20-30)16-17-29)28(26)25-10-4-8-23-21(12-13-27(31)32)6-2-9-24(23)25;1-9(12,13)7-16-4-2-10(3-5-16)8(18)17-11(10,14)6-15-17/h2-4,6-11H,5,12-20H2,1H3,(H,31,32);15H,2-7H2,1H3. The van der Waals surface area contributed by atoms with Crippen LogP contribution in [0, 0.1) is 10.8 Å². The topological polar surface area (TPSA) is 85.4 Å². The molecule has 8 rings (SSSR count). The molecular formula is C40H49F3N4O4. The lowest BCUT2D eigenvalue weighted by atomic mass is 9.61. The van der Waals surface area contributed by atoms with Crippen LogP contribution in [0.5, 0.6) is 5.75 Å². The molecule has 2 N–H and O–H groups in total. The van der Waals surface area contributed by atoms with Crippen molar-refractivity contribution in [3.63, 3.8) is 0 Å². The Hall–Kier alpha value is -3.67. The number of nitrogens with one attached hydrogen (secondary N) is 1. The number of carboxylic acid groups (broad SMARTS) is 1. The quantitative estimate of drug-likeness (QED) is 0.179. The summed E-state index contributed by atoms with van der Waals surface area (Å²) in [6.07, 6.45) is 7.89. The summed E-state index contributed by atoms with van der Waals surface area (Å²) in [5.41, 5.74) is 7.03. The van der Waals surface area contributed by atoms with Crippen molar-refractivity contribution in [1.29, 1.82) is 0 Å². The van der Waals surface area contributed by atoms with Crippen LogP contribution in [-0.2, 0) is 22.4 Å². The molecule has 4 saturated heterocycles. The van der Waals surface area contributed by atoms with Crippen molar-refractivity contribution in [2.45, 2.75) is 76.4 Å². The molecule has 8 nitrogen and oxygen atoms in total. The number of aliphatic carboxylic acids is 1. The minimum Gasteiger partial charge on any atom is -0.496 e. The van der Waals surface area contributed by atoms with Gasteiger partial charge in [0.15, 0.2) is 0 Å². The molecule has 0 radical (unpaired) electrons. The van der Waals surface area contributed by atoms with Crippen molar-refractivity contribution in [2.24, 2.45) is 10.8 Å². The van der Waals surface area contributed by atoms with Gasteiger partial charge in [-0.25, -0.2) is 23.6 Å². The summed E-state index contributed by atoms with van der Waals surface area (Å²) in [6, 6.07) is 19.0. The fraction of sp³-hybridized carbons (Fsp3) is 0.550. The molecule has 2 spiro atoms. The fourth-order valence-electron chi connectivity index (χ4n) is 9.00. The van der Waals surface area contributed by atoms with E-state index in [9.17, 15) is 22.8 Å². The third kappa shape index (κ3) is 6.84. The summed E-state index contributed by atoms with van der Waals surface area (Å²) in [5, 5.41) is 12.5. The van der Waals surface area contributed by atoms with E-state index in [1.54, 1.807) is 12.0 Å². The van der Waals surface area contributed by atoms with Crippen molar-refractivity contribution in [3.05, 3.63) is 65.7 Å². The van der Waals surface area contributed by atoms with Gasteiger partial charge in [0, 0.05) is 32.0 Å². The molecule has 0 bridgehead atoms. The van der Waals surface area contributed by atoms with Gasteiger partial charge in [0.1, 0.15) is 11.2 Å². The van der Waals surface area contributed by atoms with Crippen LogP contribution < -0.4 is 10.2 Å². The monoisotopic (exact) mass is 706 g/mol. The van der Waals surface area contributed by atoms with Crippen molar-refractivity contribution in [1.82, 2.24) is 20.2 Å². The number of hydrogen-bond acceptors (Lipinski definition) is 6. The summed E-state index contributed by atoms with van der Waals surface area (Å²) < 4.78 is 46.1. The van der Waals surface area contributed by atoms with Crippen LogP contribution in [0.1, 0.15) is 63.0 Å². The summed E-state index contributed by atoms with van der Waals surface area (Å²) in [5.74, 6) is -4.41. The number of fused-ring (bicyclic) bond motifs is 3. The Morgan fingerprint density at radius 1 is 0.922 bits per heavy atom. The second-order valence-corrected chi connectivity index (χ2v) is 15.5. The van der Waals surface area contributed by atoms with E-state index in [-0.39, 0.29) is 25.4 Å². The molecule has 1 amide bonds. The first kappa shape index (κ1) is 35.7. The van der Waals surface area contributed by atoms with Gasteiger partial charge in [-0.1, -0.05) is 48.5 Å². The number of carboxylic acids is 1. The largest absolute Gasteiger partial charge is 0.496 e. The first-order valence-electron chi connectivity index (χ1n) is 18.4. The fourth-order valence-corrected chi connectivity index (χ4v) is 9.00. The van der Waals surface area contributed by atoms with E-state index in [4.69, 9.17) is 9.84 Å². The van der Waals surface area contributed by atoms with E-state index in [0.717, 1.165) is 52.5 Å². The third-order valence-electron chi connectivity index (χ3n) is 12.0. The number of rotatable bonds is 10. The molecule has 1 atom stereocenters. The summed E-state index contributed by atoms with van der Waals surface area (Å²) in [4.78, 5) is 27.3. The molecule has 4 aliphatic heterocycles. The van der Waals surface area contributed by atoms with Gasteiger partial charge in [-0.05, 0) is 110 Å². The van der Waals surface area contributed by atoms with Gasteiger partial charge < -0.3 is 14.7 Å². The Labute approximate surface area is 297 Å². The number of methoxy groups -OCH3 is 1. The molecule has 51 heavy (non-hydrogen) atoms. The number of β-lactam (4-membered cyclic amide) rings is 1. The van der Waals surface area contributed by atoms with E-state index in [0.29, 0.717) is 37.8 Å². The van der Waals surface area contributed by atoms with Gasteiger partial charge in [-0.15, -0.1) is 0 Å². The second-order valence-electron chi connectivity index (χ2n) is 15.5. The lowest BCUT2D eigenvalue weighted by Crippen LogP contribution is -2.90. The van der Waals surface area contributed by atoms with Gasteiger partial charge in [-0.3, -0.25) is 14.5 Å². The number of carbonyl (C=O) groups excluding carboxylic acids is 1. The van der Waals surface area contributed by atoms with E-state index in [2.05, 4.69) is 46.7 Å². The minimum absolute atomic E-state index is 0.139. The number of halogens is 3. The smallest absolute Gasteiger partial charge is 0.303 e. The highest BCUT2D eigenvalue weighted by molar-refractivity contribution is 6.00. The number of carbonyl (C=O) groups is 2. The van der Waals surface area contributed by atoms with Gasteiger partial charge in [0.2, 0.25) is 5.79 Å². The zero-order valence-electron chi connectivity index (χ0n) is 29.7. The number of nitrogens with zero attached hydrogens (tertiary/aromatic N) is 3. The number of piperidine rings is 2. The summed E-state index contributed by atoms with van der Waals surface area (Å²) >= 11 is 0. The van der Waals surface area contributed by atoms with Gasteiger partial charge >= 0.3 is 5.97 Å². The van der Waals surface area contributed by atoms with Gasteiger partial charge in [0.25, 0.3) is 11.8 Å². The minimum atomic E-state index is -2.74. The maximum atomic E-state index is 14.4. The van der Waals surface area contributed by atoms with E-state index in [1.807, 2.05) is 18.2 Å². The lowest BCUT2D eigenvalue weighted by molar-refractivity contribution is -0.297. The number of hydrazine groups is 1. The molecule has 11 heteroatoms. The van der Waals surface area contributed by atoms with Gasteiger partial charge in [-0.2, -0.15) is 0 Å². The highest BCUT2D eigenvalue weighted by atomic mass is 19.3. The number of alkyl halides is 3. The average Bonchev–Trinajstić information content (AvgIpc) is 3.85. The highest BCUT2D eigenvalue weighted by Crippen LogP contribution is 2.58. The average molecular weight is 707 g/mol. The van der Waals surface area contributed by atoms with Crippen LogP contribution in [0.2, 0.25) is 0 Å². The number of hydrogen-bond donors (Lipinski definition) is 2. The molecule has 5 aliphatic rings. The normalized spacial score (nSPS) is 23.6. The van der Waals surface area contributed by atoms with E-state index in [1.165, 1.54) is 49.9 Å². The van der Waals surface area contributed by atoms with Crippen LogP contribution >= 0.6 is 0 Å². The number of aryl methyl sites for hydroxylation is 1. The lowest BCUT2D eigenvalue weighted by Gasteiger charge is -2.67. The van der Waals surface area contributed by atoms with E-state index < -0.39 is 23.1 Å². The zero-order valence-corrected chi connectivity index (χ0v) is 29.7. The highest BCUT2D eigenvalue weighted by Gasteiger charge is 2.77. The Morgan fingerprint density at radius 2 is 1.63 bits per heavy atom. The third-order valence-corrected chi connectivity index (χ3v) is 12.0. The molecule has 4 heterocycles. The van der Waals surface area contributed by atoms with Crippen LogP contribution in [0.4, 0.5) is 13.2 Å². The zero-order chi connectivity index (χ0) is 36.0. The van der Waals surface area contributed by atoms with Crippen molar-refractivity contribution < 1.29 is 32.6 Å². The number of likely N-dealkylation sites (tertiary alicyclic amines) is 2. The summed E-state index contributed by atoms with van der Waals surface area (Å²) in [7, 11) is 1.74. The Balaban J connectivity index is 0.000000190. The van der Waals surface area contributed by atoms with Crippen LogP contribution in [-0.4, -0.2) is 96.4 Å². The second kappa shape index (κ2) is 13.7. The SMILES string of the molecule is CC(F)(F)CN1CCC2(CC1)C(=O)N1NCC12F.COc1cccc(CCN2CCCC3(CC3)C2)c1-c1cccc2c(CCC(=O)O)cccc12. The molecule has 1 unspecified atom stereocenters. The maximum absolute atomic E-state index is 14.4. The number of benzene rings is 3. The maximum Gasteiger partial charge on any atom is 0.303 e. The predicted molar refractivity (Wildman–Crippen MR) is 190 cm³/mol. The number of amides is 1. The molecule has 1 aliphatic carbocycles. The van der Waals surface area contributed by atoms with Crippen LogP contribution in [0.3, 0.4) is 0 Å². The van der Waals surface area contributed by atoms with E-state index >= 15 is 0 Å². The molecule has 1 saturated carbocycles. The van der Waals surface area contributed by atoms with Crippen molar-refractivity contribution in [2.75, 3.05) is 52.9 Å². The first-order chi connectivity index (χ1) is 24.4. The Bertz CT molecular complexity index is 1780. The van der Waals surface area contributed by atoms with Crippen molar-refractivity contribution in [3.8, 4) is 16.9 Å². The van der Waals surface area contributed by atoms with Gasteiger partial charge in [0.05, 0.1) is 20.2 Å². The molecule has 3 aromatic carbocycles. The Morgan fingerprint density at radius 3 is 2.27 bits per heavy atom. The Kier molecular flexibility index (Phi) is 9.60.